The van der Waals surface area contributed by atoms with Gasteiger partial charge in [0.05, 0.1) is 0 Å². The standard InChI is InChI=1S/C18H20N2O4/c1-11-5-7-15(8-6-11)19-17(22)13(3)24-18(23)16-9-14(12(2)21)10-20(16)4/h5-10,13H,1-4H3,(H,19,22)/t13-/m0/s1. The lowest BCUT2D eigenvalue weighted by molar-refractivity contribution is -0.123. The van der Waals surface area contributed by atoms with Crippen molar-refractivity contribution in [2.75, 3.05) is 5.32 Å². The predicted octanol–water partition coefficient (Wildman–Crippen LogP) is 2.72. The van der Waals surface area contributed by atoms with Crippen LogP contribution in [0, 0.1) is 6.92 Å². The maximum atomic E-state index is 12.2. The molecular formula is C18H20N2O4. The Hall–Kier alpha value is -2.89. The Kier molecular flexibility index (Phi) is 5.18. The summed E-state index contributed by atoms with van der Waals surface area (Å²) in [6, 6.07) is 8.75. The largest absolute Gasteiger partial charge is 0.448 e. The van der Waals surface area contributed by atoms with Gasteiger partial charge in [0.2, 0.25) is 0 Å². The summed E-state index contributed by atoms with van der Waals surface area (Å²) in [6.45, 7) is 4.86. The number of ketones is 1. The number of esters is 1. The molecule has 1 N–H and O–H groups in total. The first-order chi connectivity index (χ1) is 11.3. The summed E-state index contributed by atoms with van der Waals surface area (Å²) in [5, 5.41) is 2.69. The van der Waals surface area contributed by atoms with Gasteiger partial charge >= 0.3 is 5.97 Å². The Bertz CT molecular complexity index is 775. The second-order valence-corrected chi connectivity index (χ2v) is 5.68. The second-order valence-electron chi connectivity index (χ2n) is 5.68. The number of nitrogens with one attached hydrogen (secondary N) is 1. The molecule has 0 aliphatic heterocycles. The summed E-state index contributed by atoms with van der Waals surface area (Å²) in [6.07, 6.45) is 0.588. The van der Waals surface area contributed by atoms with Crippen molar-refractivity contribution in [2.24, 2.45) is 7.05 Å². The van der Waals surface area contributed by atoms with Crippen molar-refractivity contribution in [2.45, 2.75) is 26.9 Å². The normalized spacial score (nSPS) is 11.7. The Morgan fingerprint density at radius 3 is 2.33 bits per heavy atom. The number of carbonyl (C=O) groups excluding carboxylic acids is 3. The van der Waals surface area contributed by atoms with Crippen molar-refractivity contribution in [3.8, 4) is 0 Å². The van der Waals surface area contributed by atoms with E-state index in [1.54, 1.807) is 25.4 Å². The van der Waals surface area contributed by atoms with E-state index in [2.05, 4.69) is 5.32 Å². The van der Waals surface area contributed by atoms with Crippen LogP contribution in [0.3, 0.4) is 0 Å². The zero-order chi connectivity index (χ0) is 17.9. The lowest BCUT2D eigenvalue weighted by atomic mass is 10.2. The molecule has 0 bridgehead atoms. The average molecular weight is 328 g/mol. The highest BCUT2D eigenvalue weighted by Crippen LogP contribution is 2.13. The molecule has 0 saturated heterocycles. The highest BCUT2D eigenvalue weighted by Gasteiger charge is 2.21. The van der Waals surface area contributed by atoms with Gasteiger partial charge in [-0.25, -0.2) is 4.79 Å². The molecule has 0 fully saturated rings. The molecule has 1 amide bonds. The minimum atomic E-state index is -0.963. The number of rotatable bonds is 5. The van der Waals surface area contributed by atoms with Crippen LogP contribution in [0.1, 0.15) is 40.3 Å². The lowest BCUT2D eigenvalue weighted by Crippen LogP contribution is -2.30. The van der Waals surface area contributed by atoms with Crippen molar-refractivity contribution < 1.29 is 19.1 Å². The molecule has 1 aromatic carbocycles. The van der Waals surface area contributed by atoms with Gasteiger partial charge in [0.1, 0.15) is 5.69 Å². The van der Waals surface area contributed by atoms with Crippen LogP contribution in [0.5, 0.6) is 0 Å². The van der Waals surface area contributed by atoms with E-state index >= 15 is 0 Å². The summed E-state index contributed by atoms with van der Waals surface area (Å²) in [4.78, 5) is 35.7. The number of hydrogen-bond donors (Lipinski definition) is 1. The third-order valence-electron chi connectivity index (χ3n) is 3.59. The minimum absolute atomic E-state index is 0.144. The maximum Gasteiger partial charge on any atom is 0.355 e. The molecule has 1 atom stereocenters. The number of carbonyl (C=O) groups is 3. The van der Waals surface area contributed by atoms with Crippen LogP contribution in [-0.4, -0.2) is 28.3 Å². The summed E-state index contributed by atoms with van der Waals surface area (Å²) >= 11 is 0. The zero-order valence-corrected chi connectivity index (χ0v) is 14.1. The lowest BCUT2D eigenvalue weighted by Gasteiger charge is -2.14. The predicted molar refractivity (Wildman–Crippen MR) is 90.1 cm³/mol. The highest BCUT2D eigenvalue weighted by molar-refractivity contribution is 5.99. The number of nitrogens with zero attached hydrogens (tertiary/aromatic N) is 1. The molecule has 0 unspecified atom stereocenters. The summed E-state index contributed by atoms with van der Waals surface area (Å²) < 4.78 is 6.69. The number of amides is 1. The fraction of sp³-hybridized carbons (Fsp3) is 0.278. The van der Waals surface area contributed by atoms with Gasteiger partial charge in [0.15, 0.2) is 11.9 Å². The van der Waals surface area contributed by atoms with E-state index in [0.29, 0.717) is 11.3 Å². The van der Waals surface area contributed by atoms with Gasteiger partial charge in [0.25, 0.3) is 5.91 Å². The monoisotopic (exact) mass is 328 g/mol. The first-order valence-electron chi connectivity index (χ1n) is 7.53. The first kappa shape index (κ1) is 17.5. The molecule has 1 aromatic heterocycles. The highest BCUT2D eigenvalue weighted by atomic mass is 16.5. The number of ether oxygens (including phenoxy) is 1. The van der Waals surface area contributed by atoms with Gasteiger partial charge in [-0.15, -0.1) is 0 Å². The molecule has 6 nitrogen and oxygen atoms in total. The second kappa shape index (κ2) is 7.12. The van der Waals surface area contributed by atoms with E-state index in [1.165, 1.54) is 24.5 Å². The number of aromatic nitrogens is 1. The maximum absolute atomic E-state index is 12.2. The van der Waals surface area contributed by atoms with E-state index in [9.17, 15) is 14.4 Å². The summed E-state index contributed by atoms with van der Waals surface area (Å²) in [7, 11) is 1.64. The van der Waals surface area contributed by atoms with Crippen molar-refractivity contribution >= 4 is 23.3 Å². The van der Waals surface area contributed by atoms with Crippen LogP contribution in [0.2, 0.25) is 0 Å². The van der Waals surface area contributed by atoms with Crippen molar-refractivity contribution in [3.63, 3.8) is 0 Å². The van der Waals surface area contributed by atoms with Gasteiger partial charge in [-0.1, -0.05) is 17.7 Å². The summed E-state index contributed by atoms with van der Waals surface area (Å²) in [5.74, 6) is -1.22. The SMILES string of the molecule is CC(=O)c1cc(C(=O)O[C@@H](C)C(=O)Nc2ccc(C)cc2)n(C)c1. The fourth-order valence-electron chi connectivity index (χ4n) is 2.12. The van der Waals surface area contributed by atoms with Crippen molar-refractivity contribution in [1.82, 2.24) is 4.57 Å². The third-order valence-corrected chi connectivity index (χ3v) is 3.59. The third kappa shape index (κ3) is 4.10. The van der Waals surface area contributed by atoms with Gasteiger partial charge in [-0.2, -0.15) is 0 Å². The van der Waals surface area contributed by atoms with E-state index in [-0.39, 0.29) is 11.5 Å². The van der Waals surface area contributed by atoms with Crippen LogP contribution in [0.15, 0.2) is 36.5 Å². The molecule has 0 aliphatic carbocycles. The molecule has 0 saturated carbocycles. The number of hydrogen-bond acceptors (Lipinski definition) is 4. The van der Waals surface area contributed by atoms with Gasteiger partial charge < -0.3 is 14.6 Å². The van der Waals surface area contributed by atoms with E-state index in [1.807, 2.05) is 19.1 Å². The molecule has 0 aliphatic rings. The number of aryl methyl sites for hydroxylation is 2. The molecule has 2 aromatic rings. The number of anilines is 1. The number of Topliss-reactive ketones (excluding diaryl/α,β-unsaturated/α-hetero) is 1. The minimum Gasteiger partial charge on any atom is -0.448 e. The van der Waals surface area contributed by atoms with Crippen LogP contribution in [0.25, 0.3) is 0 Å². The van der Waals surface area contributed by atoms with Crippen LogP contribution in [0.4, 0.5) is 5.69 Å². The van der Waals surface area contributed by atoms with Crippen molar-refractivity contribution in [1.29, 1.82) is 0 Å². The molecule has 126 valence electrons. The quantitative estimate of drug-likeness (QED) is 0.676. The Balaban J connectivity index is 2.01. The zero-order valence-electron chi connectivity index (χ0n) is 14.1. The molecule has 2 rings (SSSR count). The smallest absolute Gasteiger partial charge is 0.355 e. The fourth-order valence-corrected chi connectivity index (χ4v) is 2.12. The molecular weight excluding hydrogens is 308 g/mol. The van der Waals surface area contributed by atoms with E-state index in [0.717, 1.165) is 5.56 Å². The molecule has 6 heteroatoms. The first-order valence-corrected chi connectivity index (χ1v) is 7.53. The van der Waals surface area contributed by atoms with E-state index in [4.69, 9.17) is 4.74 Å². The van der Waals surface area contributed by atoms with Gasteiger partial charge in [-0.3, -0.25) is 9.59 Å². The van der Waals surface area contributed by atoms with Gasteiger partial charge in [-0.05, 0) is 39.0 Å². The summed E-state index contributed by atoms with van der Waals surface area (Å²) in [5.41, 5.74) is 2.35. The molecule has 0 radical (unpaired) electrons. The van der Waals surface area contributed by atoms with Crippen LogP contribution >= 0.6 is 0 Å². The Morgan fingerprint density at radius 1 is 1.17 bits per heavy atom. The topological polar surface area (TPSA) is 77.4 Å². The Morgan fingerprint density at radius 2 is 1.79 bits per heavy atom. The van der Waals surface area contributed by atoms with Crippen LogP contribution in [-0.2, 0) is 16.6 Å². The molecule has 24 heavy (non-hydrogen) atoms. The average Bonchev–Trinajstić information content (AvgIpc) is 2.91. The number of benzene rings is 1. The molecule has 1 heterocycles. The van der Waals surface area contributed by atoms with Crippen molar-refractivity contribution in [3.05, 3.63) is 53.3 Å². The van der Waals surface area contributed by atoms with E-state index < -0.39 is 18.0 Å². The Labute approximate surface area is 140 Å². The molecule has 0 spiro atoms. The van der Waals surface area contributed by atoms with Crippen LogP contribution < -0.4 is 5.32 Å². The van der Waals surface area contributed by atoms with Gasteiger partial charge in [0, 0.05) is 24.5 Å².